The summed E-state index contributed by atoms with van der Waals surface area (Å²) in [6.45, 7) is 2.08. The van der Waals surface area contributed by atoms with Crippen LogP contribution in [0.15, 0.2) is 94.4 Å². The largest absolute Gasteiger partial charge is 0.435 e. The van der Waals surface area contributed by atoms with Crippen molar-refractivity contribution >= 4 is 11.8 Å². The monoisotopic (exact) mass is 357 g/mol. The maximum Gasteiger partial charge on any atom is 0.227 e. The van der Waals surface area contributed by atoms with Gasteiger partial charge in [0.1, 0.15) is 5.03 Å². The van der Waals surface area contributed by atoms with E-state index >= 15 is 0 Å². The zero-order valence-corrected chi connectivity index (χ0v) is 15.4. The normalized spacial score (nSPS) is 10.8. The SMILES string of the molecule is Cc1ccc(-c2nc(SCc3ccccc3)c(-c3ccccc3)o2)cc1. The van der Waals surface area contributed by atoms with Crippen LogP contribution in [-0.2, 0) is 5.75 Å². The second-order valence-corrected chi connectivity index (χ2v) is 7.12. The molecule has 128 valence electrons. The summed E-state index contributed by atoms with van der Waals surface area (Å²) in [5.41, 5.74) is 4.55. The lowest BCUT2D eigenvalue weighted by Gasteiger charge is -2.01. The van der Waals surface area contributed by atoms with Gasteiger partial charge in [-0.25, -0.2) is 4.98 Å². The Kier molecular flexibility index (Phi) is 4.89. The van der Waals surface area contributed by atoms with E-state index in [9.17, 15) is 0 Å². The van der Waals surface area contributed by atoms with Crippen LogP contribution in [0.1, 0.15) is 11.1 Å². The summed E-state index contributed by atoms with van der Waals surface area (Å²) in [7, 11) is 0. The highest BCUT2D eigenvalue weighted by molar-refractivity contribution is 7.98. The van der Waals surface area contributed by atoms with E-state index in [1.165, 1.54) is 11.1 Å². The van der Waals surface area contributed by atoms with Crippen LogP contribution in [0.3, 0.4) is 0 Å². The van der Waals surface area contributed by atoms with Gasteiger partial charge < -0.3 is 4.42 Å². The van der Waals surface area contributed by atoms with Crippen molar-refractivity contribution in [1.29, 1.82) is 0 Å². The Balaban J connectivity index is 1.69. The van der Waals surface area contributed by atoms with Gasteiger partial charge in [-0.1, -0.05) is 90.1 Å². The van der Waals surface area contributed by atoms with E-state index in [4.69, 9.17) is 9.40 Å². The Labute approximate surface area is 157 Å². The van der Waals surface area contributed by atoms with Gasteiger partial charge in [-0.15, -0.1) is 0 Å². The Hall–Kier alpha value is -2.78. The third-order valence-corrected chi connectivity index (χ3v) is 5.18. The fourth-order valence-corrected chi connectivity index (χ4v) is 3.66. The van der Waals surface area contributed by atoms with E-state index in [2.05, 4.69) is 67.6 Å². The molecule has 1 aromatic heterocycles. The van der Waals surface area contributed by atoms with E-state index in [0.29, 0.717) is 5.89 Å². The molecule has 0 atom stereocenters. The van der Waals surface area contributed by atoms with E-state index in [1.807, 2.05) is 24.3 Å². The minimum Gasteiger partial charge on any atom is -0.435 e. The van der Waals surface area contributed by atoms with Gasteiger partial charge in [0.25, 0.3) is 0 Å². The van der Waals surface area contributed by atoms with Crippen LogP contribution in [0.25, 0.3) is 22.8 Å². The summed E-state index contributed by atoms with van der Waals surface area (Å²) < 4.78 is 6.18. The fourth-order valence-electron chi connectivity index (χ4n) is 2.72. The molecule has 0 unspecified atom stereocenters. The molecule has 0 radical (unpaired) electrons. The number of aryl methyl sites for hydroxylation is 1. The molecule has 1 heterocycles. The lowest BCUT2D eigenvalue weighted by atomic mass is 10.1. The average Bonchev–Trinajstić information content (AvgIpc) is 3.13. The minimum absolute atomic E-state index is 0.666. The van der Waals surface area contributed by atoms with Crippen molar-refractivity contribution < 1.29 is 4.42 Å². The first kappa shape index (κ1) is 16.7. The molecule has 0 N–H and O–H groups in total. The molecule has 0 aliphatic rings. The van der Waals surface area contributed by atoms with E-state index < -0.39 is 0 Å². The Morgan fingerprint density at radius 2 is 1.42 bits per heavy atom. The predicted molar refractivity (Wildman–Crippen MR) is 108 cm³/mol. The first-order chi connectivity index (χ1) is 12.8. The van der Waals surface area contributed by atoms with Crippen molar-refractivity contribution in [3.8, 4) is 22.8 Å². The second-order valence-electron chi connectivity index (χ2n) is 6.16. The van der Waals surface area contributed by atoms with Gasteiger partial charge in [-0.05, 0) is 24.6 Å². The number of aromatic nitrogens is 1. The van der Waals surface area contributed by atoms with E-state index in [1.54, 1.807) is 11.8 Å². The predicted octanol–water partition coefficient (Wildman–Crippen LogP) is 6.61. The van der Waals surface area contributed by atoms with Crippen molar-refractivity contribution in [3.63, 3.8) is 0 Å². The molecular formula is C23H19NOS. The highest BCUT2D eigenvalue weighted by Gasteiger charge is 2.17. The summed E-state index contributed by atoms with van der Waals surface area (Å²) in [5.74, 6) is 2.36. The van der Waals surface area contributed by atoms with Crippen molar-refractivity contribution in [2.45, 2.75) is 17.7 Å². The van der Waals surface area contributed by atoms with Crippen LogP contribution in [-0.4, -0.2) is 4.98 Å². The van der Waals surface area contributed by atoms with Crippen LogP contribution in [0.2, 0.25) is 0 Å². The Bertz CT molecular complexity index is 976. The van der Waals surface area contributed by atoms with Gasteiger partial charge in [-0.2, -0.15) is 0 Å². The summed E-state index contributed by atoms with van der Waals surface area (Å²) >= 11 is 1.71. The van der Waals surface area contributed by atoms with Gasteiger partial charge >= 0.3 is 0 Å². The molecule has 3 aromatic carbocycles. The Morgan fingerprint density at radius 1 is 0.769 bits per heavy atom. The first-order valence-corrected chi connectivity index (χ1v) is 9.58. The number of hydrogen-bond acceptors (Lipinski definition) is 3. The average molecular weight is 357 g/mol. The molecule has 0 spiro atoms. The summed E-state index contributed by atoms with van der Waals surface area (Å²) in [6.07, 6.45) is 0. The van der Waals surface area contributed by atoms with E-state index in [-0.39, 0.29) is 0 Å². The number of thioether (sulfide) groups is 1. The highest BCUT2D eigenvalue weighted by atomic mass is 32.2. The Morgan fingerprint density at radius 3 is 2.12 bits per heavy atom. The van der Waals surface area contributed by atoms with Crippen molar-refractivity contribution in [3.05, 3.63) is 96.1 Å². The third-order valence-electron chi connectivity index (χ3n) is 4.15. The molecule has 0 aliphatic carbocycles. The molecule has 4 rings (SSSR count). The summed E-state index contributed by atoms with van der Waals surface area (Å²) in [6, 6.07) is 28.9. The molecule has 2 nitrogen and oxygen atoms in total. The molecular weight excluding hydrogens is 338 g/mol. The lowest BCUT2D eigenvalue weighted by molar-refractivity contribution is 0.586. The van der Waals surface area contributed by atoms with Gasteiger partial charge in [-0.3, -0.25) is 0 Å². The molecule has 26 heavy (non-hydrogen) atoms. The van der Waals surface area contributed by atoms with Gasteiger partial charge in [0, 0.05) is 16.9 Å². The third kappa shape index (κ3) is 3.73. The maximum atomic E-state index is 6.18. The van der Waals surface area contributed by atoms with Crippen LogP contribution < -0.4 is 0 Å². The van der Waals surface area contributed by atoms with Crippen LogP contribution in [0.4, 0.5) is 0 Å². The first-order valence-electron chi connectivity index (χ1n) is 8.59. The fraction of sp³-hybridized carbons (Fsp3) is 0.0870. The molecule has 4 aromatic rings. The quantitative estimate of drug-likeness (QED) is 0.376. The number of oxazole rings is 1. The number of nitrogens with zero attached hydrogens (tertiary/aromatic N) is 1. The lowest BCUT2D eigenvalue weighted by Crippen LogP contribution is -1.83. The summed E-state index contributed by atoms with van der Waals surface area (Å²) in [4.78, 5) is 4.80. The van der Waals surface area contributed by atoms with Crippen LogP contribution in [0.5, 0.6) is 0 Å². The van der Waals surface area contributed by atoms with Crippen LogP contribution in [0, 0.1) is 6.92 Å². The van der Waals surface area contributed by atoms with Crippen molar-refractivity contribution in [2.75, 3.05) is 0 Å². The highest BCUT2D eigenvalue weighted by Crippen LogP contribution is 2.36. The minimum atomic E-state index is 0.666. The number of rotatable bonds is 5. The van der Waals surface area contributed by atoms with Gasteiger partial charge in [0.15, 0.2) is 5.76 Å². The van der Waals surface area contributed by atoms with E-state index in [0.717, 1.165) is 27.7 Å². The topological polar surface area (TPSA) is 26.0 Å². The maximum absolute atomic E-state index is 6.18. The van der Waals surface area contributed by atoms with Crippen molar-refractivity contribution in [1.82, 2.24) is 4.98 Å². The number of hydrogen-bond donors (Lipinski definition) is 0. The molecule has 0 saturated carbocycles. The molecule has 0 fully saturated rings. The molecule has 3 heteroatoms. The molecule has 0 amide bonds. The molecule has 0 aliphatic heterocycles. The smallest absolute Gasteiger partial charge is 0.227 e. The summed E-state index contributed by atoms with van der Waals surface area (Å²) in [5, 5.41) is 0.927. The molecule has 0 saturated heterocycles. The van der Waals surface area contributed by atoms with Gasteiger partial charge in [0.2, 0.25) is 5.89 Å². The molecule has 0 bridgehead atoms. The zero-order valence-electron chi connectivity index (χ0n) is 14.6. The number of benzene rings is 3. The second kappa shape index (κ2) is 7.63. The van der Waals surface area contributed by atoms with Crippen molar-refractivity contribution in [2.24, 2.45) is 0 Å². The standard InChI is InChI=1S/C23H19NOS/c1-17-12-14-20(15-13-17)22-24-23(26-16-18-8-4-2-5-9-18)21(25-22)19-10-6-3-7-11-19/h2-15H,16H2,1H3. The van der Waals surface area contributed by atoms with Gasteiger partial charge in [0.05, 0.1) is 0 Å². The van der Waals surface area contributed by atoms with Crippen LogP contribution >= 0.6 is 11.8 Å². The zero-order chi connectivity index (χ0) is 17.8.